The van der Waals surface area contributed by atoms with Crippen molar-refractivity contribution >= 4 is 5.91 Å². The molecule has 0 unspecified atom stereocenters. The molecule has 2 aliphatic rings. The Morgan fingerprint density at radius 3 is 2.77 bits per heavy atom. The number of piperidine rings is 1. The summed E-state index contributed by atoms with van der Waals surface area (Å²) in [6.07, 6.45) is 5.19. The molecule has 4 rings (SSSR count). The van der Waals surface area contributed by atoms with Gasteiger partial charge in [0.1, 0.15) is 23.9 Å². The van der Waals surface area contributed by atoms with E-state index in [4.69, 9.17) is 13.9 Å². The molecule has 1 fully saturated rings. The molecule has 2 aliphatic heterocycles. The Hall–Kier alpha value is -2.31. The minimum Gasteiger partial charge on any atom is -0.492 e. The predicted octanol–water partition coefficient (Wildman–Crippen LogP) is 4.27. The summed E-state index contributed by atoms with van der Waals surface area (Å²) >= 11 is 0. The van der Waals surface area contributed by atoms with Gasteiger partial charge in [0.25, 0.3) is 5.91 Å². The maximum atomic E-state index is 13.3. The number of fused-ring (bicyclic) bond motifs is 3. The van der Waals surface area contributed by atoms with Crippen LogP contribution in [0, 0.1) is 6.92 Å². The van der Waals surface area contributed by atoms with E-state index >= 15 is 0 Å². The van der Waals surface area contributed by atoms with Crippen LogP contribution in [0.1, 0.15) is 54.0 Å². The number of carbonyl (C=O) groups is 1. The second-order valence-corrected chi connectivity index (χ2v) is 8.64. The zero-order valence-corrected chi connectivity index (χ0v) is 18.7. The number of amides is 1. The van der Waals surface area contributed by atoms with Crippen LogP contribution in [-0.2, 0) is 11.3 Å². The van der Waals surface area contributed by atoms with E-state index < -0.39 is 0 Å². The highest BCUT2D eigenvalue weighted by Crippen LogP contribution is 2.27. The summed E-state index contributed by atoms with van der Waals surface area (Å²) in [4.78, 5) is 17.8. The van der Waals surface area contributed by atoms with Crippen LogP contribution in [0.15, 0.2) is 40.8 Å². The molecule has 2 aromatic rings. The molecule has 0 spiro atoms. The van der Waals surface area contributed by atoms with Crippen LogP contribution in [-0.4, -0.2) is 61.2 Å². The Bertz CT molecular complexity index is 865. The molecule has 1 saturated heterocycles. The highest BCUT2D eigenvalue weighted by molar-refractivity contribution is 5.95. The van der Waals surface area contributed by atoms with Gasteiger partial charge in [0.2, 0.25) is 0 Å². The van der Waals surface area contributed by atoms with Gasteiger partial charge in [-0.15, -0.1) is 0 Å². The number of ether oxygens (including phenoxy) is 2. The molecule has 6 heteroatoms. The summed E-state index contributed by atoms with van der Waals surface area (Å²) in [6, 6.07) is 11.8. The van der Waals surface area contributed by atoms with Crippen molar-refractivity contribution in [2.75, 3.05) is 33.4 Å². The van der Waals surface area contributed by atoms with E-state index in [1.165, 1.54) is 0 Å². The molecule has 1 aromatic carbocycles. The van der Waals surface area contributed by atoms with Crippen molar-refractivity contribution in [2.45, 2.75) is 57.7 Å². The topological polar surface area (TPSA) is 55.1 Å². The smallest absolute Gasteiger partial charge is 0.254 e. The first-order valence-electron chi connectivity index (χ1n) is 11.5. The van der Waals surface area contributed by atoms with Gasteiger partial charge in [-0.25, -0.2) is 0 Å². The van der Waals surface area contributed by atoms with Crippen molar-refractivity contribution in [3.8, 4) is 5.75 Å². The molecule has 31 heavy (non-hydrogen) atoms. The molecule has 0 radical (unpaired) electrons. The maximum absolute atomic E-state index is 13.3. The van der Waals surface area contributed by atoms with Gasteiger partial charge in [-0.05, 0) is 69.5 Å². The van der Waals surface area contributed by atoms with E-state index in [2.05, 4.69) is 11.0 Å². The number of hydrogen-bond acceptors (Lipinski definition) is 5. The number of furan rings is 1. The third-order valence-corrected chi connectivity index (χ3v) is 6.44. The van der Waals surface area contributed by atoms with Crippen LogP contribution < -0.4 is 4.74 Å². The molecule has 168 valence electrons. The molecule has 6 nitrogen and oxygen atoms in total. The SMILES string of the molecule is CO[C@H]1CCCN2C(=O)c3cccc(c3)OCCN(Cc3ccc(C)o3)CCCC[C@@H]12. The Morgan fingerprint density at radius 2 is 1.97 bits per heavy atom. The lowest BCUT2D eigenvalue weighted by molar-refractivity contribution is -0.0156. The maximum Gasteiger partial charge on any atom is 0.254 e. The zero-order chi connectivity index (χ0) is 21.6. The van der Waals surface area contributed by atoms with Crippen molar-refractivity contribution in [2.24, 2.45) is 0 Å². The van der Waals surface area contributed by atoms with Crippen molar-refractivity contribution in [3.05, 3.63) is 53.5 Å². The number of rotatable bonds is 3. The fourth-order valence-electron chi connectivity index (χ4n) is 4.82. The summed E-state index contributed by atoms with van der Waals surface area (Å²) in [6.45, 7) is 5.92. The summed E-state index contributed by atoms with van der Waals surface area (Å²) in [5, 5.41) is 0. The first-order valence-corrected chi connectivity index (χ1v) is 11.5. The zero-order valence-electron chi connectivity index (χ0n) is 18.7. The van der Waals surface area contributed by atoms with Crippen LogP contribution in [0.25, 0.3) is 0 Å². The number of methoxy groups -OCH3 is 1. The molecule has 3 heterocycles. The Morgan fingerprint density at radius 1 is 1.06 bits per heavy atom. The summed E-state index contributed by atoms with van der Waals surface area (Å²) < 4.78 is 17.6. The molecule has 2 atom stereocenters. The van der Waals surface area contributed by atoms with E-state index in [0.29, 0.717) is 12.2 Å². The van der Waals surface area contributed by atoms with Crippen LogP contribution in [0.5, 0.6) is 5.75 Å². The molecule has 0 saturated carbocycles. The molecule has 1 amide bonds. The van der Waals surface area contributed by atoms with Gasteiger partial charge >= 0.3 is 0 Å². The lowest BCUT2D eigenvalue weighted by Gasteiger charge is -2.41. The van der Waals surface area contributed by atoms with Crippen molar-refractivity contribution < 1.29 is 18.7 Å². The standard InChI is InChI=1S/C25H34N2O4/c1-19-11-12-22(31-19)18-26-13-4-3-9-23-24(29-2)10-6-14-27(23)25(28)20-7-5-8-21(17-20)30-16-15-26/h5,7-8,11-12,17,23-24H,3-4,6,9-10,13-16,18H2,1-2H3/t23-,24-/m0/s1. The third-order valence-electron chi connectivity index (χ3n) is 6.44. The van der Waals surface area contributed by atoms with Crippen LogP contribution in [0.4, 0.5) is 0 Å². The minimum atomic E-state index is 0.0871. The largest absolute Gasteiger partial charge is 0.492 e. The van der Waals surface area contributed by atoms with E-state index in [1.807, 2.05) is 42.2 Å². The van der Waals surface area contributed by atoms with Gasteiger partial charge in [-0.1, -0.05) is 12.5 Å². The van der Waals surface area contributed by atoms with Crippen molar-refractivity contribution in [1.29, 1.82) is 0 Å². The van der Waals surface area contributed by atoms with Gasteiger partial charge in [-0.2, -0.15) is 0 Å². The van der Waals surface area contributed by atoms with Crippen molar-refractivity contribution in [1.82, 2.24) is 9.80 Å². The van der Waals surface area contributed by atoms with Crippen molar-refractivity contribution in [3.63, 3.8) is 0 Å². The van der Waals surface area contributed by atoms with Crippen LogP contribution in [0.2, 0.25) is 0 Å². The molecule has 1 aromatic heterocycles. The molecule has 0 aliphatic carbocycles. The van der Waals surface area contributed by atoms with Crippen LogP contribution in [0.3, 0.4) is 0 Å². The monoisotopic (exact) mass is 426 g/mol. The minimum absolute atomic E-state index is 0.0871. The average molecular weight is 427 g/mol. The number of benzene rings is 1. The first kappa shape index (κ1) is 21.9. The highest BCUT2D eigenvalue weighted by atomic mass is 16.5. The van der Waals surface area contributed by atoms with Gasteiger partial charge in [0, 0.05) is 25.8 Å². The van der Waals surface area contributed by atoms with Gasteiger partial charge in [0.05, 0.1) is 18.7 Å². The van der Waals surface area contributed by atoms with E-state index in [-0.39, 0.29) is 18.1 Å². The normalized spacial score (nSPS) is 23.7. The van der Waals surface area contributed by atoms with Gasteiger partial charge in [0.15, 0.2) is 0 Å². The third kappa shape index (κ3) is 5.49. The van der Waals surface area contributed by atoms with E-state index in [0.717, 1.165) is 75.6 Å². The van der Waals surface area contributed by atoms with Gasteiger partial charge in [-0.3, -0.25) is 9.69 Å². The first-order chi connectivity index (χ1) is 15.1. The second-order valence-electron chi connectivity index (χ2n) is 8.64. The Kier molecular flexibility index (Phi) is 7.30. The summed E-state index contributed by atoms with van der Waals surface area (Å²) in [7, 11) is 1.77. The second kappa shape index (κ2) is 10.3. The molecular weight excluding hydrogens is 392 g/mol. The van der Waals surface area contributed by atoms with Crippen LogP contribution >= 0.6 is 0 Å². The lowest BCUT2D eigenvalue weighted by Crippen LogP contribution is -2.51. The summed E-state index contributed by atoms with van der Waals surface area (Å²) in [5.41, 5.74) is 0.694. The molecule has 2 bridgehead atoms. The van der Waals surface area contributed by atoms with E-state index in [9.17, 15) is 4.79 Å². The Balaban J connectivity index is 1.53. The fraction of sp³-hybridized carbons (Fsp3) is 0.560. The summed E-state index contributed by atoms with van der Waals surface area (Å²) in [5.74, 6) is 2.76. The van der Waals surface area contributed by atoms with Gasteiger partial charge < -0.3 is 18.8 Å². The lowest BCUT2D eigenvalue weighted by atomic mass is 9.93. The molecular formula is C25H34N2O4. The quantitative estimate of drug-likeness (QED) is 0.734. The highest BCUT2D eigenvalue weighted by Gasteiger charge is 2.34. The molecule has 0 N–H and O–H groups in total. The average Bonchev–Trinajstić information content (AvgIpc) is 3.20. The van der Waals surface area contributed by atoms with E-state index in [1.54, 1.807) is 7.11 Å². The Labute approximate surface area is 185 Å². The number of carbonyl (C=O) groups excluding carboxylic acids is 1. The number of aryl methyl sites for hydroxylation is 1. The predicted molar refractivity (Wildman–Crippen MR) is 119 cm³/mol. The number of hydrogen-bond donors (Lipinski definition) is 0. The number of nitrogens with zero attached hydrogens (tertiary/aromatic N) is 2. The fourth-order valence-corrected chi connectivity index (χ4v) is 4.82.